The van der Waals surface area contributed by atoms with Crippen LogP contribution in [0.15, 0.2) is 18.2 Å². The van der Waals surface area contributed by atoms with E-state index in [0.717, 1.165) is 25.7 Å². The van der Waals surface area contributed by atoms with Crippen molar-refractivity contribution in [3.8, 4) is 17.1 Å². The normalized spacial score (nSPS) is 23.7. The van der Waals surface area contributed by atoms with Crippen LogP contribution in [0.1, 0.15) is 56.8 Å². The number of nitrogens with zero attached hydrogens (tertiary/aromatic N) is 4. The molecule has 2 bridgehead atoms. The summed E-state index contributed by atoms with van der Waals surface area (Å²) in [6.45, 7) is 9.72. The van der Waals surface area contributed by atoms with Crippen LogP contribution in [-0.2, 0) is 9.47 Å². The highest BCUT2D eigenvalue weighted by atomic mass is 19.1. The fourth-order valence-corrected chi connectivity index (χ4v) is 6.18. The highest BCUT2D eigenvalue weighted by molar-refractivity contribution is 6.03. The van der Waals surface area contributed by atoms with E-state index in [1.54, 1.807) is 11.0 Å². The Labute approximate surface area is 245 Å². The number of hydrogen-bond acceptors (Lipinski definition) is 8. The molecule has 5 heterocycles. The molecule has 2 atom stereocenters. The minimum Gasteiger partial charge on any atom is -0.469 e. The van der Waals surface area contributed by atoms with Crippen molar-refractivity contribution in [2.75, 3.05) is 56.2 Å². The van der Waals surface area contributed by atoms with Crippen LogP contribution in [0.4, 0.5) is 20.8 Å². The number of benzene rings is 1. The molecule has 2 aromatic rings. The number of hydrogen-bond donors (Lipinski definition) is 2. The molecule has 0 saturated carbocycles. The lowest BCUT2D eigenvalue weighted by atomic mass is 10.0. The maximum absolute atomic E-state index is 15.5. The second kappa shape index (κ2) is 11.6. The van der Waals surface area contributed by atoms with Gasteiger partial charge in [0.15, 0.2) is 0 Å². The van der Waals surface area contributed by atoms with Crippen LogP contribution in [-0.4, -0.2) is 90.6 Å². The fraction of sp³-hybridized carbons (Fsp3) is 0.600. The van der Waals surface area contributed by atoms with Crippen molar-refractivity contribution in [1.82, 2.24) is 20.2 Å². The molecule has 6 rings (SSSR count). The Balaban J connectivity index is 1.32. The third kappa shape index (κ3) is 6.00. The summed E-state index contributed by atoms with van der Waals surface area (Å²) in [6, 6.07) is 3.97. The number of amides is 3. The number of anilines is 2. The van der Waals surface area contributed by atoms with Crippen LogP contribution in [0.2, 0.25) is 0 Å². The predicted molar refractivity (Wildman–Crippen MR) is 154 cm³/mol. The number of morpholine rings is 1. The van der Waals surface area contributed by atoms with Gasteiger partial charge in [0.05, 0.1) is 30.1 Å². The van der Waals surface area contributed by atoms with Crippen molar-refractivity contribution < 1.29 is 28.2 Å². The fourth-order valence-electron chi connectivity index (χ4n) is 6.18. The van der Waals surface area contributed by atoms with Gasteiger partial charge in [0, 0.05) is 45.0 Å². The lowest BCUT2D eigenvalue weighted by molar-refractivity contribution is 0.0297. The quantitative estimate of drug-likeness (QED) is 0.528. The third-order valence-electron chi connectivity index (χ3n) is 8.40. The van der Waals surface area contributed by atoms with E-state index < -0.39 is 17.4 Å². The van der Waals surface area contributed by atoms with Gasteiger partial charge in [0.2, 0.25) is 11.8 Å². The van der Waals surface area contributed by atoms with Gasteiger partial charge < -0.3 is 34.6 Å². The van der Waals surface area contributed by atoms with Gasteiger partial charge in [-0.1, -0.05) is 6.07 Å². The number of carbonyl (C=O) groups excluding carboxylic acids is 2. The first kappa shape index (κ1) is 28.6. The lowest BCUT2D eigenvalue weighted by Crippen LogP contribution is -2.43. The molecule has 4 aliphatic heterocycles. The van der Waals surface area contributed by atoms with Gasteiger partial charge in [-0.05, 0) is 64.5 Å². The molecule has 2 unspecified atom stereocenters. The average molecular weight is 583 g/mol. The zero-order valence-electron chi connectivity index (χ0n) is 24.5. The van der Waals surface area contributed by atoms with E-state index in [1.807, 2.05) is 20.8 Å². The number of rotatable bonds is 6. The van der Waals surface area contributed by atoms with Crippen LogP contribution in [0.3, 0.4) is 0 Å². The third-order valence-corrected chi connectivity index (χ3v) is 8.40. The predicted octanol–water partition coefficient (Wildman–Crippen LogP) is 3.83. The molecule has 3 saturated heterocycles. The molecule has 0 radical (unpaired) electrons. The van der Waals surface area contributed by atoms with Crippen molar-refractivity contribution in [2.24, 2.45) is 5.92 Å². The highest BCUT2D eigenvalue weighted by Gasteiger charge is 2.39. The summed E-state index contributed by atoms with van der Waals surface area (Å²) in [4.78, 5) is 39.7. The molecule has 0 aliphatic carbocycles. The number of ether oxygens (including phenoxy) is 3. The van der Waals surface area contributed by atoms with E-state index in [0.29, 0.717) is 69.1 Å². The van der Waals surface area contributed by atoms with Gasteiger partial charge >= 0.3 is 6.03 Å². The van der Waals surface area contributed by atoms with Gasteiger partial charge in [-0.3, -0.25) is 4.79 Å². The number of urea groups is 1. The van der Waals surface area contributed by atoms with Crippen molar-refractivity contribution >= 4 is 23.6 Å². The summed E-state index contributed by atoms with van der Waals surface area (Å²) in [6.07, 6.45) is 3.93. The van der Waals surface area contributed by atoms with E-state index in [4.69, 9.17) is 24.2 Å². The van der Waals surface area contributed by atoms with Gasteiger partial charge in [0.1, 0.15) is 17.0 Å². The largest absolute Gasteiger partial charge is 0.469 e. The highest BCUT2D eigenvalue weighted by Crippen LogP contribution is 2.38. The van der Waals surface area contributed by atoms with Gasteiger partial charge in [-0.25, -0.2) is 14.2 Å². The number of halogens is 1. The van der Waals surface area contributed by atoms with Gasteiger partial charge in [-0.15, -0.1) is 0 Å². The first-order chi connectivity index (χ1) is 20.2. The minimum absolute atomic E-state index is 0.0345. The molecular weight excluding hydrogens is 543 g/mol. The molecule has 1 aromatic heterocycles. The summed E-state index contributed by atoms with van der Waals surface area (Å²) in [5, 5.41) is 5.43. The summed E-state index contributed by atoms with van der Waals surface area (Å²) < 4.78 is 33.2. The molecule has 226 valence electrons. The molecule has 12 heteroatoms. The lowest BCUT2D eigenvalue weighted by Gasteiger charge is -2.33. The number of aromatic nitrogens is 2. The number of likely N-dealkylation sites (N-methyl/N-ethyl adjacent to an activating group) is 1. The van der Waals surface area contributed by atoms with E-state index in [2.05, 4.69) is 15.5 Å². The molecule has 2 N–H and O–H groups in total. The van der Waals surface area contributed by atoms with Gasteiger partial charge in [0.25, 0.3) is 5.91 Å². The zero-order chi connectivity index (χ0) is 29.4. The summed E-state index contributed by atoms with van der Waals surface area (Å²) in [5.41, 5.74) is 0.235. The average Bonchev–Trinajstić information content (AvgIpc) is 3.27. The van der Waals surface area contributed by atoms with Crippen molar-refractivity contribution in [2.45, 2.75) is 64.3 Å². The van der Waals surface area contributed by atoms with Crippen molar-refractivity contribution in [1.29, 1.82) is 0 Å². The van der Waals surface area contributed by atoms with Crippen molar-refractivity contribution in [3.05, 3.63) is 29.6 Å². The molecule has 1 aromatic carbocycles. The monoisotopic (exact) mass is 582 g/mol. The van der Waals surface area contributed by atoms with Crippen LogP contribution < -0.4 is 20.3 Å². The molecular formula is C30H39FN6O5. The smallest absolute Gasteiger partial charge is 0.319 e. The maximum Gasteiger partial charge on any atom is 0.319 e. The molecule has 42 heavy (non-hydrogen) atoms. The Morgan fingerprint density at radius 2 is 1.86 bits per heavy atom. The van der Waals surface area contributed by atoms with Crippen LogP contribution in [0, 0.1) is 11.7 Å². The summed E-state index contributed by atoms with van der Waals surface area (Å²) in [5.74, 6) is 0.0500. The molecule has 0 spiro atoms. The van der Waals surface area contributed by atoms with E-state index >= 15 is 4.39 Å². The molecule has 11 nitrogen and oxygen atoms in total. The number of fused-ring (bicyclic) bond motifs is 3. The summed E-state index contributed by atoms with van der Waals surface area (Å²) in [7, 11) is 0. The van der Waals surface area contributed by atoms with E-state index in [1.165, 1.54) is 12.1 Å². The molecule has 4 aliphatic rings. The number of nitrogens with one attached hydrogen (secondary N) is 2. The Morgan fingerprint density at radius 1 is 1.12 bits per heavy atom. The Bertz CT molecular complexity index is 1340. The Morgan fingerprint density at radius 3 is 2.55 bits per heavy atom. The first-order valence-corrected chi connectivity index (χ1v) is 14.9. The van der Waals surface area contributed by atoms with Crippen LogP contribution in [0.5, 0.6) is 5.88 Å². The van der Waals surface area contributed by atoms with Gasteiger partial charge in [-0.2, -0.15) is 4.98 Å². The second-order valence-corrected chi connectivity index (χ2v) is 12.2. The minimum atomic E-state index is -0.694. The Hall–Kier alpha value is -3.51. The summed E-state index contributed by atoms with van der Waals surface area (Å²) >= 11 is 0. The van der Waals surface area contributed by atoms with E-state index in [9.17, 15) is 9.59 Å². The SMILES string of the molecule is CCN1CC(C)(C)Oc2nc(N3CC4CCC(C3)O4)nc(-c3ccc(NC(=O)NCC4CCOCC4)c(F)c3)c2C1=O. The number of carbonyl (C=O) groups is 2. The maximum atomic E-state index is 15.5. The molecule has 3 fully saturated rings. The topological polar surface area (TPSA) is 118 Å². The standard InChI is InChI=1S/C30H39FN6O5/c1-4-36-17-30(2,3)42-26-24(27(36)38)25(34-28(35-26)37-15-20-6-7-21(16-37)41-20)19-5-8-23(22(31)13-19)33-29(39)32-14-18-9-11-40-12-10-18/h5,8,13,18,20-21H,4,6-7,9-12,14-17H2,1-3H3,(H2,32,33,39). The van der Waals surface area contributed by atoms with E-state index in [-0.39, 0.29) is 35.2 Å². The Kier molecular flexibility index (Phi) is 7.93. The van der Waals surface area contributed by atoms with Crippen molar-refractivity contribution in [3.63, 3.8) is 0 Å². The van der Waals surface area contributed by atoms with Crippen LogP contribution in [0.25, 0.3) is 11.3 Å². The molecule has 3 amide bonds. The first-order valence-electron chi connectivity index (χ1n) is 14.9. The van der Waals surface area contributed by atoms with Crippen LogP contribution >= 0.6 is 0 Å². The second-order valence-electron chi connectivity index (χ2n) is 12.2. The zero-order valence-corrected chi connectivity index (χ0v) is 24.5.